The van der Waals surface area contributed by atoms with Crippen LogP contribution in [0.4, 0.5) is 0 Å². The Balaban J connectivity index is 0.00000180. The zero-order valence-corrected chi connectivity index (χ0v) is 12.3. The quantitative estimate of drug-likeness (QED) is 0.898. The Morgan fingerprint density at radius 2 is 2.11 bits per heavy atom. The number of likely N-dealkylation sites (N-methyl/N-ethyl adjacent to an activating group) is 1. The van der Waals surface area contributed by atoms with Gasteiger partial charge in [-0.3, -0.25) is 4.79 Å². The van der Waals surface area contributed by atoms with E-state index in [4.69, 9.17) is 0 Å². The molecule has 1 atom stereocenters. The predicted molar refractivity (Wildman–Crippen MR) is 80.7 cm³/mol. The lowest BCUT2D eigenvalue weighted by Crippen LogP contribution is -2.44. The van der Waals surface area contributed by atoms with Crippen LogP contribution in [0.5, 0.6) is 0 Å². The minimum absolute atomic E-state index is 0. The molecular formula is C15H23ClN2O. The van der Waals surface area contributed by atoms with Crippen LogP contribution in [0, 0.1) is 0 Å². The largest absolute Gasteiger partial charge is 0.341 e. The summed E-state index contributed by atoms with van der Waals surface area (Å²) in [5.74, 6) is 0.269. The van der Waals surface area contributed by atoms with Crippen LogP contribution in [0.15, 0.2) is 30.3 Å². The number of nitrogens with one attached hydrogen (secondary N) is 1. The summed E-state index contributed by atoms with van der Waals surface area (Å²) in [6, 6.07) is 10.4. The van der Waals surface area contributed by atoms with Crippen molar-refractivity contribution in [2.75, 3.05) is 19.6 Å². The summed E-state index contributed by atoms with van der Waals surface area (Å²) < 4.78 is 0. The molecule has 0 unspecified atom stereocenters. The smallest absolute Gasteiger partial charge is 0.239 e. The molecule has 1 N–H and O–H groups in total. The third kappa shape index (κ3) is 4.51. The first kappa shape index (κ1) is 16.0. The number of carbonyl (C=O) groups excluding carboxylic acids is 1. The van der Waals surface area contributed by atoms with E-state index in [1.807, 2.05) is 23.1 Å². The summed E-state index contributed by atoms with van der Waals surface area (Å²) in [7, 11) is 0. The minimum atomic E-state index is 0. The molecule has 0 aliphatic carbocycles. The number of amides is 1. The number of benzene rings is 1. The van der Waals surface area contributed by atoms with Gasteiger partial charge in [0.05, 0.1) is 6.04 Å². The molecule has 4 heteroatoms. The molecule has 19 heavy (non-hydrogen) atoms. The third-order valence-corrected chi connectivity index (χ3v) is 3.57. The summed E-state index contributed by atoms with van der Waals surface area (Å²) in [5, 5.41) is 3.28. The van der Waals surface area contributed by atoms with Gasteiger partial charge in [-0.05, 0) is 38.3 Å². The third-order valence-electron chi connectivity index (χ3n) is 3.57. The first-order chi connectivity index (χ1) is 8.81. The van der Waals surface area contributed by atoms with E-state index in [0.29, 0.717) is 0 Å². The van der Waals surface area contributed by atoms with E-state index in [1.54, 1.807) is 0 Å². The highest BCUT2D eigenvalue weighted by Gasteiger charge is 2.25. The Morgan fingerprint density at radius 3 is 2.68 bits per heavy atom. The van der Waals surface area contributed by atoms with Gasteiger partial charge in [-0.25, -0.2) is 0 Å². The standard InChI is InChI=1S/C15H22N2O.ClH/c1-2-17(15(18)14-9-6-11-16-14)12-10-13-7-4-3-5-8-13;/h3-5,7-8,14,16H,2,6,9-12H2,1H3;1H/t14-;/m0./s1. The van der Waals surface area contributed by atoms with Gasteiger partial charge >= 0.3 is 0 Å². The Bertz CT molecular complexity index is 377. The van der Waals surface area contributed by atoms with E-state index in [1.165, 1.54) is 5.56 Å². The molecule has 2 rings (SSSR count). The minimum Gasteiger partial charge on any atom is -0.341 e. The molecule has 1 aromatic rings. The Hall–Kier alpha value is -1.06. The molecule has 1 heterocycles. The number of carbonyl (C=O) groups is 1. The Kier molecular flexibility index (Phi) is 6.89. The number of nitrogens with zero attached hydrogens (tertiary/aromatic N) is 1. The van der Waals surface area contributed by atoms with Crippen LogP contribution in [-0.2, 0) is 11.2 Å². The van der Waals surface area contributed by atoms with Gasteiger partial charge in [-0.1, -0.05) is 30.3 Å². The van der Waals surface area contributed by atoms with Gasteiger partial charge in [0.1, 0.15) is 0 Å². The number of hydrogen-bond acceptors (Lipinski definition) is 2. The lowest BCUT2D eigenvalue weighted by Gasteiger charge is -2.24. The van der Waals surface area contributed by atoms with Crippen LogP contribution < -0.4 is 5.32 Å². The average molecular weight is 283 g/mol. The first-order valence-electron chi connectivity index (χ1n) is 6.87. The fraction of sp³-hybridized carbons (Fsp3) is 0.533. The molecule has 0 spiro atoms. The van der Waals surface area contributed by atoms with Gasteiger partial charge in [0, 0.05) is 13.1 Å². The lowest BCUT2D eigenvalue weighted by molar-refractivity contribution is -0.132. The van der Waals surface area contributed by atoms with Crippen molar-refractivity contribution < 1.29 is 4.79 Å². The van der Waals surface area contributed by atoms with E-state index in [-0.39, 0.29) is 24.4 Å². The zero-order valence-electron chi connectivity index (χ0n) is 11.5. The molecule has 1 aromatic carbocycles. The fourth-order valence-electron chi connectivity index (χ4n) is 2.45. The van der Waals surface area contributed by atoms with Crippen molar-refractivity contribution in [3.05, 3.63) is 35.9 Å². The van der Waals surface area contributed by atoms with E-state index in [0.717, 1.165) is 38.9 Å². The van der Waals surface area contributed by atoms with Gasteiger partial charge in [-0.2, -0.15) is 0 Å². The van der Waals surface area contributed by atoms with Crippen LogP contribution in [0.25, 0.3) is 0 Å². The monoisotopic (exact) mass is 282 g/mol. The molecule has 1 saturated heterocycles. The van der Waals surface area contributed by atoms with Crippen molar-refractivity contribution in [3.63, 3.8) is 0 Å². The van der Waals surface area contributed by atoms with Gasteiger partial charge in [0.15, 0.2) is 0 Å². The van der Waals surface area contributed by atoms with Crippen LogP contribution in [-0.4, -0.2) is 36.5 Å². The van der Waals surface area contributed by atoms with Crippen LogP contribution >= 0.6 is 12.4 Å². The summed E-state index contributed by atoms with van der Waals surface area (Å²) in [5.41, 5.74) is 1.29. The molecule has 1 aliphatic rings. The fourth-order valence-corrected chi connectivity index (χ4v) is 2.45. The van der Waals surface area contributed by atoms with Crippen molar-refractivity contribution in [2.24, 2.45) is 0 Å². The molecular weight excluding hydrogens is 260 g/mol. The zero-order chi connectivity index (χ0) is 12.8. The van der Waals surface area contributed by atoms with Crippen molar-refractivity contribution >= 4 is 18.3 Å². The summed E-state index contributed by atoms with van der Waals surface area (Å²) >= 11 is 0. The molecule has 0 bridgehead atoms. The normalized spacial score (nSPS) is 17.8. The summed E-state index contributed by atoms with van der Waals surface area (Å²) in [6.07, 6.45) is 3.04. The number of halogens is 1. The molecule has 0 aromatic heterocycles. The highest BCUT2D eigenvalue weighted by molar-refractivity contribution is 5.85. The number of rotatable bonds is 5. The summed E-state index contributed by atoms with van der Waals surface area (Å²) in [6.45, 7) is 4.64. The van der Waals surface area contributed by atoms with Gasteiger partial charge in [0.2, 0.25) is 5.91 Å². The second kappa shape index (κ2) is 8.18. The topological polar surface area (TPSA) is 32.3 Å². The highest BCUT2D eigenvalue weighted by atomic mass is 35.5. The van der Waals surface area contributed by atoms with Gasteiger partial charge in [0.25, 0.3) is 0 Å². The Morgan fingerprint density at radius 1 is 1.37 bits per heavy atom. The van der Waals surface area contributed by atoms with Crippen molar-refractivity contribution in [2.45, 2.75) is 32.2 Å². The second-order valence-corrected chi connectivity index (χ2v) is 4.80. The summed E-state index contributed by atoms with van der Waals surface area (Å²) in [4.78, 5) is 14.2. The maximum Gasteiger partial charge on any atom is 0.239 e. The molecule has 1 aliphatic heterocycles. The average Bonchev–Trinajstić information content (AvgIpc) is 2.94. The Labute approximate surface area is 121 Å². The van der Waals surface area contributed by atoms with Crippen molar-refractivity contribution in [3.8, 4) is 0 Å². The van der Waals surface area contributed by atoms with Crippen molar-refractivity contribution in [1.29, 1.82) is 0 Å². The van der Waals surface area contributed by atoms with Crippen LogP contribution in [0.2, 0.25) is 0 Å². The molecule has 1 fully saturated rings. The second-order valence-electron chi connectivity index (χ2n) is 4.80. The molecule has 3 nitrogen and oxygen atoms in total. The molecule has 0 saturated carbocycles. The van der Waals surface area contributed by atoms with Crippen molar-refractivity contribution in [1.82, 2.24) is 10.2 Å². The van der Waals surface area contributed by atoms with Gasteiger partial charge in [-0.15, -0.1) is 12.4 Å². The lowest BCUT2D eigenvalue weighted by atomic mass is 10.1. The van der Waals surface area contributed by atoms with Gasteiger partial charge < -0.3 is 10.2 Å². The van der Waals surface area contributed by atoms with Crippen LogP contribution in [0.1, 0.15) is 25.3 Å². The maximum atomic E-state index is 12.3. The predicted octanol–water partition coefficient (Wildman–Crippen LogP) is 2.25. The highest BCUT2D eigenvalue weighted by Crippen LogP contribution is 2.09. The SMILES string of the molecule is CCN(CCc1ccccc1)C(=O)[C@@H]1CCCN1.Cl. The van der Waals surface area contributed by atoms with E-state index < -0.39 is 0 Å². The maximum absolute atomic E-state index is 12.3. The first-order valence-corrected chi connectivity index (χ1v) is 6.87. The van der Waals surface area contributed by atoms with Crippen LogP contribution in [0.3, 0.4) is 0 Å². The van der Waals surface area contributed by atoms with E-state index >= 15 is 0 Å². The van der Waals surface area contributed by atoms with E-state index in [9.17, 15) is 4.79 Å². The molecule has 106 valence electrons. The van der Waals surface area contributed by atoms with E-state index in [2.05, 4.69) is 24.4 Å². The number of hydrogen-bond donors (Lipinski definition) is 1. The molecule has 0 radical (unpaired) electrons. The molecule has 1 amide bonds.